The first-order valence-electron chi connectivity index (χ1n) is 16.5. The summed E-state index contributed by atoms with van der Waals surface area (Å²) in [5.74, 6) is 0. The Bertz CT molecular complexity index is 2070. The van der Waals surface area contributed by atoms with Gasteiger partial charge in [-0.1, -0.05) is 97.9 Å². The Morgan fingerprint density at radius 1 is 0.478 bits per heavy atom. The van der Waals surface area contributed by atoms with Crippen LogP contribution in [0.5, 0.6) is 0 Å². The highest BCUT2D eigenvalue weighted by atomic mass is 15.3. The van der Waals surface area contributed by atoms with E-state index in [9.17, 15) is 0 Å². The van der Waals surface area contributed by atoms with Crippen molar-refractivity contribution in [2.75, 3.05) is 14.7 Å². The van der Waals surface area contributed by atoms with Crippen LogP contribution in [0.4, 0.5) is 45.5 Å². The summed E-state index contributed by atoms with van der Waals surface area (Å²) in [7, 11) is 0. The molecule has 1 aliphatic carbocycles. The zero-order valence-corrected chi connectivity index (χ0v) is 26.2. The maximum Gasteiger partial charge on any atom is 0.252 e. The molecular formula is C42H34BN3. The fourth-order valence-electron chi connectivity index (χ4n) is 9.19. The van der Waals surface area contributed by atoms with Gasteiger partial charge in [-0.15, -0.1) is 0 Å². The lowest BCUT2D eigenvalue weighted by molar-refractivity contribution is 0.133. The molecule has 220 valence electrons. The minimum absolute atomic E-state index is 0.00530. The van der Waals surface area contributed by atoms with Crippen molar-refractivity contribution >= 4 is 68.6 Å². The number of hydrogen-bond donors (Lipinski definition) is 0. The quantitative estimate of drug-likeness (QED) is 0.190. The Balaban J connectivity index is 1.33. The lowest BCUT2D eigenvalue weighted by atomic mass is 9.33. The highest BCUT2D eigenvalue weighted by molar-refractivity contribution is 7.00. The van der Waals surface area contributed by atoms with Crippen LogP contribution in [0.15, 0.2) is 146 Å². The molecule has 3 heterocycles. The summed E-state index contributed by atoms with van der Waals surface area (Å²) in [4.78, 5) is 7.70. The summed E-state index contributed by atoms with van der Waals surface area (Å²) >= 11 is 0. The highest BCUT2D eigenvalue weighted by Crippen LogP contribution is 2.65. The second-order valence-electron chi connectivity index (χ2n) is 13.7. The lowest BCUT2D eigenvalue weighted by Crippen LogP contribution is -2.62. The van der Waals surface area contributed by atoms with Gasteiger partial charge in [0.25, 0.3) is 6.71 Å². The van der Waals surface area contributed by atoms with Gasteiger partial charge in [0.1, 0.15) is 0 Å². The molecule has 0 aromatic heterocycles. The molecule has 6 aromatic rings. The van der Waals surface area contributed by atoms with E-state index in [1.807, 2.05) is 0 Å². The third-order valence-corrected chi connectivity index (χ3v) is 11.7. The lowest BCUT2D eigenvalue weighted by Gasteiger charge is -2.56. The SMILES string of the molecule is CC12CCC1(C)N(c1cc3c4c(c1)N(c1ccccc1)c1ccccc1B4c1ccccc1N3c1ccccc1)c1ccccc12. The third-order valence-electron chi connectivity index (χ3n) is 11.7. The number of rotatable bonds is 3. The molecule has 3 nitrogen and oxygen atoms in total. The first kappa shape index (κ1) is 26.0. The molecule has 10 rings (SSSR count). The summed E-state index contributed by atoms with van der Waals surface area (Å²) in [6.07, 6.45) is 2.38. The van der Waals surface area contributed by atoms with Crippen molar-refractivity contribution in [2.45, 2.75) is 37.6 Å². The van der Waals surface area contributed by atoms with E-state index in [-0.39, 0.29) is 17.7 Å². The summed E-state index contributed by atoms with van der Waals surface area (Å²) in [5.41, 5.74) is 15.6. The summed E-state index contributed by atoms with van der Waals surface area (Å²) in [5, 5.41) is 0. The third kappa shape index (κ3) is 3.19. The minimum Gasteiger partial charge on any atom is -0.334 e. The Kier molecular flexibility index (Phi) is 5.19. The second-order valence-corrected chi connectivity index (χ2v) is 13.7. The fourth-order valence-corrected chi connectivity index (χ4v) is 9.19. The van der Waals surface area contributed by atoms with Crippen molar-refractivity contribution in [1.82, 2.24) is 0 Å². The van der Waals surface area contributed by atoms with Crippen molar-refractivity contribution in [3.8, 4) is 0 Å². The standard InChI is InChI=1S/C42H34BN3/c1-41-25-26-42(41,2)46(35-22-12-9-19-32(35)41)31-27-38-40-39(28-31)45(30-17-7-4-8-18-30)37-24-14-11-21-34(37)43(40)33-20-10-13-23-36(33)44(38)29-15-5-3-6-16-29/h3-24,27-28H,25-26H2,1-2H3. The van der Waals surface area contributed by atoms with Crippen LogP contribution in [-0.4, -0.2) is 12.3 Å². The van der Waals surface area contributed by atoms with Crippen molar-refractivity contribution < 1.29 is 0 Å². The Labute approximate surface area is 271 Å². The van der Waals surface area contributed by atoms with Crippen LogP contribution in [0.3, 0.4) is 0 Å². The molecule has 0 amide bonds. The number of nitrogens with zero attached hydrogens (tertiary/aromatic N) is 3. The van der Waals surface area contributed by atoms with Crippen LogP contribution >= 0.6 is 0 Å². The number of para-hydroxylation sites is 5. The monoisotopic (exact) mass is 591 g/mol. The van der Waals surface area contributed by atoms with Gasteiger partial charge in [-0.2, -0.15) is 0 Å². The van der Waals surface area contributed by atoms with Crippen LogP contribution in [0.1, 0.15) is 32.3 Å². The molecule has 0 spiro atoms. The van der Waals surface area contributed by atoms with Crippen molar-refractivity contribution in [1.29, 1.82) is 0 Å². The molecule has 1 saturated carbocycles. The number of fused-ring (bicyclic) bond motifs is 7. The minimum atomic E-state index is 0.00530. The topological polar surface area (TPSA) is 9.72 Å². The van der Waals surface area contributed by atoms with Gasteiger partial charge in [0.05, 0.1) is 5.54 Å². The van der Waals surface area contributed by atoms with Gasteiger partial charge in [0.2, 0.25) is 0 Å². The molecule has 46 heavy (non-hydrogen) atoms. The van der Waals surface area contributed by atoms with Crippen LogP contribution in [0, 0.1) is 0 Å². The first-order valence-corrected chi connectivity index (χ1v) is 16.5. The van der Waals surface area contributed by atoms with Gasteiger partial charge in [-0.3, -0.25) is 0 Å². The summed E-state index contributed by atoms with van der Waals surface area (Å²) in [6.45, 7) is 5.09. The fraction of sp³-hybridized carbons (Fsp3) is 0.143. The number of anilines is 8. The summed E-state index contributed by atoms with van der Waals surface area (Å²) < 4.78 is 0. The molecule has 0 saturated heterocycles. The maximum atomic E-state index is 2.69. The predicted molar refractivity (Wildman–Crippen MR) is 194 cm³/mol. The number of benzene rings is 6. The zero-order valence-electron chi connectivity index (χ0n) is 26.2. The van der Waals surface area contributed by atoms with Crippen LogP contribution in [0.25, 0.3) is 0 Å². The maximum absolute atomic E-state index is 2.69. The molecule has 6 aromatic carbocycles. The molecule has 2 unspecified atom stereocenters. The van der Waals surface area contributed by atoms with Gasteiger partial charge in [0, 0.05) is 50.9 Å². The van der Waals surface area contributed by atoms with E-state index in [2.05, 4.69) is 174 Å². The average molecular weight is 592 g/mol. The molecule has 0 N–H and O–H groups in total. The van der Waals surface area contributed by atoms with Gasteiger partial charge in [-0.05, 0) is 96.3 Å². The molecule has 3 aliphatic heterocycles. The molecule has 0 bridgehead atoms. The van der Waals surface area contributed by atoms with E-state index >= 15 is 0 Å². The Hall–Kier alpha value is -5.22. The van der Waals surface area contributed by atoms with E-state index in [1.165, 1.54) is 80.3 Å². The van der Waals surface area contributed by atoms with E-state index in [0.717, 1.165) is 0 Å². The van der Waals surface area contributed by atoms with Crippen LogP contribution in [0.2, 0.25) is 0 Å². The molecule has 4 aliphatic rings. The van der Waals surface area contributed by atoms with Crippen molar-refractivity contribution in [3.05, 3.63) is 151 Å². The van der Waals surface area contributed by atoms with Crippen molar-refractivity contribution in [3.63, 3.8) is 0 Å². The highest BCUT2D eigenvalue weighted by Gasteiger charge is 2.63. The summed E-state index contributed by atoms with van der Waals surface area (Å²) in [6, 6.07) is 54.0. The van der Waals surface area contributed by atoms with Gasteiger partial charge in [-0.25, -0.2) is 0 Å². The van der Waals surface area contributed by atoms with Crippen LogP contribution in [-0.2, 0) is 5.41 Å². The zero-order chi connectivity index (χ0) is 30.6. The molecule has 4 heteroatoms. The average Bonchev–Trinajstić information content (AvgIpc) is 3.24. The largest absolute Gasteiger partial charge is 0.334 e. The molecular weight excluding hydrogens is 557 g/mol. The van der Waals surface area contributed by atoms with Gasteiger partial charge in [0.15, 0.2) is 0 Å². The number of hydrogen-bond acceptors (Lipinski definition) is 3. The predicted octanol–water partition coefficient (Wildman–Crippen LogP) is 8.73. The molecule has 2 atom stereocenters. The van der Waals surface area contributed by atoms with E-state index < -0.39 is 0 Å². The first-order chi connectivity index (χ1) is 22.6. The van der Waals surface area contributed by atoms with E-state index in [1.54, 1.807) is 0 Å². The molecule has 0 radical (unpaired) electrons. The Morgan fingerprint density at radius 2 is 0.957 bits per heavy atom. The molecule has 1 fully saturated rings. The van der Waals surface area contributed by atoms with Crippen molar-refractivity contribution in [2.24, 2.45) is 0 Å². The second kappa shape index (κ2) is 9.17. The van der Waals surface area contributed by atoms with Gasteiger partial charge >= 0.3 is 0 Å². The van der Waals surface area contributed by atoms with Gasteiger partial charge < -0.3 is 14.7 Å². The van der Waals surface area contributed by atoms with E-state index in [0.29, 0.717) is 0 Å². The smallest absolute Gasteiger partial charge is 0.252 e. The Morgan fingerprint density at radius 3 is 1.48 bits per heavy atom. The van der Waals surface area contributed by atoms with E-state index in [4.69, 9.17) is 0 Å². The van der Waals surface area contributed by atoms with Crippen LogP contribution < -0.4 is 31.1 Å². The normalized spacial score (nSPS) is 21.5.